The zero-order valence-electron chi connectivity index (χ0n) is 15.9. The van der Waals surface area contributed by atoms with Gasteiger partial charge in [0.2, 0.25) is 5.91 Å². The number of hydrogen-bond donors (Lipinski definition) is 1. The summed E-state index contributed by atoms with van der Waals surface area (Å²) in [6, 6.07) is 14.2. The summed E-state index contributed by atoms with van der Waals surface area (Å²) in [5, 5.41) is 3.29. The summed E-state index contributed by atoms with van der Waals surface area (Å²) in [6.45, 7) is 2.19. The van der Waals surface area contributed by atoms with Crippen molar-refractivity contribution in [2.24, 2.45) is 5.92 Å². The summed E-state index contributed by atoms with van der Waals surface area (Å²) < 4.78 is 0. The normalized spacial score (nSPS) is 19.8. The third-order valence-corrected chi connectivity index (χ3v) is 6.06. The first-order chi connectivity index (χ1) is 13.6. The number of piperidine rings is 1. The average Bonchev–Trinajstić information content (AvgIpc) is 2.68. The van der Waals surface area contributed by atoms with E-state index in [1.54, 1.807) is 6.07 Å². The Morgan fingerprint density at radius 1 is 1.14 bits per heavy atom. The number of aryl methyl sites for hydroxylation is 1. The van der Waals surface area contributed by atoms with Gasteiger partial charge < -0.3 is 5.32 Å². The lowest BCUT2D eigenvalue weighted by Gasteiger charge is -2.32. The molecule has 146 valence electrons. The summed E-state index contributed by atoms with van der Waals surface area (Å²) in [7, 11) is 0. The Balaban J connectivity index is 1.46. The SMILES string of the molecule is O=C1CCc2ccc(Cl)c(C(=O)CN3CCCC(Cc4ccccc4)C3)c2N1. The molecule has 0 bridgehead atoms. The van der Waals surface area contributed by atoms with Crippen molar-refractivity contribution >= 4 is 29.0 Å². The van der Waals surface area contributed by atoms with E-state index in [0.717, 1.165) is 31.5 Å². The molecule has 1 amide bonds. The van der Waals surface area contributed by atoms with E-state index in [0.29, 0.717) is 41.6 Å². The van der Waals surface area contributed by atoms with Crippen molar-refractivity contribution in [1.29, 1.82) is 0 Å². The molecule has 2 aromatic rings. The van der Waals surface area contributed by atoms with Crippen molar-refractivity contribution < 1.29 is 9.59 Å². The number of likely N-dealkylation sites (tertiary alicyclic amines) is 1. The fraction of sp³-hybridized carbons (Fsp3) is 0.391. The van der Waals surface area contributed by atoms with Crippen LogP contribution in [0.25, 0.3) is 0 Å². The molecule has 1 unspecified atom stereocenters. The monoisotopic (exact) mass is 396 g/mol. The van der Waals surface area contributed by atoms with E-state index < -0.39 is 0 Å². The van der Waals surface area contributed by atoms with Gasteiger partial charge in [-0.25, -0.2) is 0 Å². The van der Waals surface area contributed by atoms with Crippen molar-refractivity contribution in [3.63, 3.8) is 0 Å². The van der Waals surface area contributed by atoms with Crippen LogP contribution in [0.3, 0.4) is 0 Å². The van der Waals surface area contributed by atoms with Gasteiger partial charge in [-0.15, -0.1) is 0 Å². The number of hydrogen-bond acceptors (Lipinski definition) is 3. The molecule has 5 heteroatoms. The molecule has 2 heterocycles. The largest absolute Gasteiger partial charge is 0.325 e. The lowest BCUT2D eigenvalue weighted by atomic mass is 9.91. The molecule has 1 N–H and O–H groups in total. The van der Waals surface area contributed by atoms with Crippen molar-refractivity contribution in [3.8, 4) is 0 Å². The number of nitrogens with zero attached hydrogens (tertiary/aromatic N) is 1. The van der Waals surface area contributed by atoms with Crippen molar-refractivity contribution in [2.45, 2.75) is 32.1 Å². The minimum absolute atomic E-state index is 0.00980. The molecule has 4 rings (SSSR count). The number of fused-ring (bicyclic) bond motifs is 1. The van der Waals surface area contributed by atoms with E-state index in [1.807, 2.05) is 12.1 Å². The fourth-order valence-electron chi connectivity index (χ4n) is 4.39. The van der Waals surface area contributed by atoms with Crippen LogP contribution in [0.1, 0.15) is 40.7 Å². The van der Waals surface area contributed by atoms with Gasteiger partial charge >= 0.3 is 0 Å². The molecular formula is C23H25ClN2O2. The second-order valence-electron chi connectivity index (χ2n) is 7.86. The number of nitrogens with one attached hydrogen (secondary N) is 1. The average molecular weight is 397 g/mol. The van der Waals surface area contributed by atoms with Crippen LogP contribution >= 0.6 is 11.6 Å². The number of rotatable bonds is 5. The first kappa shape index (κ1) is 19.2. The Morgan fingerprint density at radius 3 is 2.79 bits per heavy atom. The molecule has 0 saturated carbocycles. The van der Waals surface area contributed by atoms with Crippen LogP contribution in [0.5, 0.6) is 0 Å². The first-order valence-corrected chi connectivity index (χ1v) is 10.4. The second-order valence-corrected chi connectivity index (χ2v) is 8.27. The van der Waals surface area contributed by atoms with Crippen LogP contribution in [0.4, 0.5) is 5.69 Å². The third-order valence-electron chi connectivity index (χ3n) is 5.74. The maximum Gasteiger partial charge on any atom is 0.224 e. The summed E-state index contributed by atoms with van der Waals surface area (Å²) in [5.41, 5.74) is 3.43. The standard InChI is InChI=1S/C23H25ClN2O2/c24-19-10-8-18-9-11-21(28)25-23(18)22(19)20(27)15-26-12-4-7-17(14-26)13-16-5-2-1-3-6-16/h1-3,5-6,8,10,17H,4,7,9,11-15H2,(H,25,28). The third kappa shape index (κ3) is 4.29. The van der Waals surface area contributed by atoms with E-state index >= 15 is 0 Å². The van der Waals surface area contributed by atoms with Crippen LogP contribution < -0.4 is 5.32 Å². The highest BCUT2D eigenvalue weighted by atomic mass is 35.5. The van der Waals surface area contributed by atoms with Gasteiger partial charge in [-0.3, -0.25) is 14.5 Å². The van der Waals surface area contributed by atoms with Crippen LogP contribution in [0.15, 0.2) is 42.5 Å². The molecule has 0 aromatic heterocycles. The Kier molecular flexibility index (Phi) is 5.79. The van der Waals surface area contributed by atoms with Crippen LogP contribution in [0.2, 0.25) is 5.02 Å². The number of carbonyl (C=O) groups excluding carboxylic acids is 2. The predicted molar refractivity (Wildman–Crippen MR) is 112 cm³/mol. The van der Waals surface area contributed by atoms with Gasteiger partial charge in [0.1, 0.15) is 0 Å². The smallest absolute Gasteiger partial charge is 0.224 e. The lowest BCUT2D eigenvalue weighted by Crippen LogP contribution is -2.39. The van der Waals surface area contributed by atoms with Crippen molar-refractivity contribution in [1.82, 2.24) is 4.90 Å². The number of amides is 1. The number of benzene rings is 2. The van der Waals surface area contributed by atoms with E-state index in [1.165, 1.54) is 12.0 Å². The minimum Gasteiger partial charge on any atom is -0.325 e. The van der Waals surface area contributed by atoms with Crippen LogP contribution in [0, 0.1) is 5.92 Å². The molecule has 2 aliphatic heterocycles. The van der Waals surface area contributed by atoms with Gasteiger partial charge in [0.15, 0.2) is 5.78 Å². The Morgan fingerprint density at radius 2 is 1.96 bits per heavy atom. The summed E-state index contributed by atoms with van der Waals surface area (Å²) in [5.74, 6) is 0.498. The highest BCUT2D eigenvalue weighted by Gasteiger charge is 2.27. The Hall–Kier alpha value is -2.17. The Bertz CT molecular complexity index is 882. The molecule has 4 nitrogen and oxygen atoms in total. The molecular weight excluding hydrogens is 372 g/mol. The quantitative estimate of drug-likeness (QED) is 0.764. The van der Waals surface area contributed by atoms with Gasteiger partial charge in [0, 0.05) is 13.0 Å². The maximum absolute atomic E-state index is 13.1. The molecule has 2 aromatic carbocycles. The van der Waals surface area contributed by atoms with Gasteiger partial charge in [0.05, 0.1) is 22.8 Å². The van der Waals surface area contributed by atoms with Crippen molar-refractivity contribution in [3.05, 3.63) is 64.2 Å². The number of anilines is 1. The van der Waals surface area contributed by atoms with E-state index in [2.05, 4.69) is 34.5 Å². The molecule has 1 atom stereocenters. The van der Waals surface area contributed by atoms with Crippen LogP contribution in [-0.2, 0) is 17.6 Å². The summed E-state index contributed by atoms with van der Waals surface area (Å²) in [6.07, 6.45) is 4.44. The fourth-order valence-corrected chi connectivity index (χ4v) is 4.65. The number of ketones is 1. The molecule has 1 saturated heterocycles. The van der Waals surface area contributed by atoms with Gasteiger partial charge in [0.25, 0.3) is 0 Å². The first-order valence-electron chi connectivity index (χ1n) is 10.0. The van der Waals surface area contributed by atoms with E-state index in [-0.39, 0.29) is 11.7 Å². The molecule has 0 spiro atoms. The maximum atomic E-state index is 13.1. The van der Waals surface area contributed by atoms with Gasteiger partial charge in [-0.05, 0) is 55.3 Å². The summed E-state index contributed by atoms with van der Waals surface area (Å²) in [4.78, 5) is 27.2. The second kappa shape index (κ2) is 8.46. The van der Waals surface area contributed by atoms with Gasteiger partial charge in [-0.2, -0.15) is 0 Å². The highest BCUT2D eigenvalue weighted by molar-refractivity contribution is 6.35. The predicted octanol–water partition coefficient (Wildman–Crippen LogP) is 4.36. The zero-order chi connectivity index (χ0) is 19.5. The highest BCUT2D eigenvalue weighted by Crippen LogP contribution is 2.33. The topological polar surface area (TPSA) is 49.4 Å². The van der Waals surface area contributed by atoms with Crippen molar-refractivity contribution in [2.75, 3.05) is 25.0 Å². The molecule has 1 fully saturated rings. The number of halogens is 1. The molecule has 0 aliphatic carbocycles. The summed E-state index contributed by atoms with van der Waals surface area (Å²) >= 11 is 6.37. The lowest BCUT2D eigenvalue weighted by molar-refractivity contribution is -0.116. The Labute approximate surface area is 170 Å². The number of carbonyl (C=O) groups is 2. The molecule has 2 aliphatic rings. The molecule has 28 heavy (non-hydrogen) atoms. The zero-order valence-corrected chi connectivity index (χ0v) is 16.7. The van der Waals surface area contributed by atoms with Crippen LogP contribution in [-0.4, -0.2) is 36.2 Å². The number of Topliss-reactive ketones (excluding diaryl/α,β-unsaturated/α-hetero) is 1. The van der Waals surface area contributed by atoms with E-state index in [9.17, 15) is 9.59 Å². The molecule has 0 radical (unpaired) electrons. The van der Waals surface area contributed by atoms with E-state index in [4.69, 9.17) is 11.6 Å². The minimum atomic E-state index is -0.0512. The van der Waals surface area contributed by atoms with Gasteiger partial charge in [-0.1, -0.05) is 48.0 Å².